The first-order valence-corrected chi connectivity index (χ1v) is 9.79. The molecule has 2 saturated heterocycles. The Morgan fingerprint density at radius 3 is 2.07 bits per heavy atom. The van der Waals surface area contributed by atoms with Gasteiger partial charge in [0.05, 0.1) is 0 Å². The molecule has 0 unspecified atom stereocenters. The maximum atomic E-state index is 13.0. The molecule has 0 bridgehead atoms. The molecule has 4 rings (SSSR count). The van der Waals surface area contributed by atoms with Crippen LogP contribution < -0.4 is 4.90 Å². The Morgan fingerprint density at radius 1 is 0.900 bits per heavy atom. The van der Waals surface area contributed by atoms with Gasteiger partial charge in [-0.05, 0) is 43.6 Å². The van der Waals surface area contributed by atoms with E-state index in [2.05, 4.69) is 9.97 Å². The van der Waals surface area contributed by atoms with Crippen LogP contribution in [0.4, 0.5) is 5.95 Å². The van der Waals surface area contributed by atoms with E-state index in [0.29, 0.717) is 18.8 Å². The molecule has 0 aromatic carbocycles. The monoisotopic (exact) mass is 465 g/mol. The van der Waals surface area contributed by atoms with E-state index in [1.54, 1.807) is 23.4 Å². The SMILES string of the molecule is Cl.Cl.[2H]C([2H])(N1CCN(c2ncccn2)CC1)C([2H])([2H])C([2H])([2H])C([2H])([2H])N1C(=O)CC2(CCCC2)CC1=O. The summed E-state index contributed by atoms with van der Waals surface area (Å²) in [6, 6.07) is 1.66. The smallest absolute Gasteiger partial charge is 0.229 e. The number of carbonyl (C=O) groups excluding carboxylic acids is 2. The summed E-state index contributed by atoms with van der Waals surface area (Å²) >= 11 is 0. The number of likely N-dealkylation sites (tertiary alicyclic amines) is 1. The molecule has 1 spiro atoms. The Morgan fingerprint density at radius 2 is 1.47 bits per heavy atom. The van der Waals surface area contributed by atoms with E-state index < -0.39 is 43.0 Å². The van der Waals surface area contributed by atoms with E-state index in [1.165, 1.54) is 0 Å². The van der Waals surface area contributed by atoms with Gasteiger partial charge in [0.25, 0.3) is 0 Å². The quantitative estimate of drug-likeness (QED) is 0.601. The van der Waals surface area contributed by atoms with Gasteiger partial charge in [-0.2, -0.15) is 0 Å². The van der Waals surface area contributed by atoms with Crippen molar-refractivity contribution < 1.29 is 20.6 Å². The molecule has 0 radical (unpaired) electrons. The van der Waals surface area contributed by atoms with E-state index in [1.807, 2.05) is 0 Å². The first-order chi connectivity index (χ1) is 16.7. The second-order valence-corrected chi connectivity index (χ2v) is 7.68. The lowest BCUT2D eigenvalue weighted by Crippen LogP contribution is -2.48. The summed E-state index contributed by atoms with van der Waals surface area (Å²) in [4.78, 5) is 37.3. The van der Waals surface area contributed by atoms with Gasteiger partial charge < -0.3 is 4.90 Å². The average molecular weight is 466 g/mol. The number of aromatic nitrogens is 2. The number of piperidine rings is 1. The lowest BCUT2D eigenvalue weighted by atomic mass is 9.76. The predicted molar refractivity (Wildman–Crippen MR) is 121 cm³/mol. The summed E-state index contributed by atoms with van der Waals surface area (Å²) in [5.74, 6) is -1.32. The van der Waals surface area contributed by atoms with Gasteiger partial charge in [-0.1, -0.05) is 12.8 Å². The van der Waals surface area contributed by atoms with Gasteiger partial charge >= 0.3 is 0 Å². The van der Waals surface area contributed by atoms with Crippen LogP contribution in [-0.4, -0.2) is 70.8 Å². The fraction of sp³-hybridized carbons (Fsp3) is 0.714. The zero-order valence-corrected chi connectivity index (χ0v) is 18.3. The minimum Gasteiger partial charge on any atom is -0.338 e. The molecular weight excluding hydrogens is 425 g/mol. The zero-order chi connectivity index (χ0) is 26.6. The fourth-order valence-corrected chi connectivity index (χ4v) is 4.27. The summed E-state index contributed by atoms with van der Waals surface area (Å²) in [5, 5.41) is 0. The number of anilines is 1. The van der Waals surface area contributed by atoms with Crippen LogP contribution in [0.2, 0.25) is 0 Å². The lowest BCUT2D eigenvalue weighted by molar-refractivity contribution is -0.153. The van der Waals surface area contributed by atoms with Crippen molar-refractivity contribution in [1.29, 1.82) is 0 Å². The van der Waals surface area contributed by atoms with Crippen LogP contribution >= 0.6 is 24.8 Å². The van der Waals surface area contributed by atoms with Crippen molar-refractivity contribution in [3.8, 4) is 0 Å². The Kier molecular flexibility index (Phi) is 5.77. The van der Waals surface area contributed by atoms with Crippen LogP contribution in [0.5, 0.6) is 0 Å². The van der Waals surface area contributed by atoms with E-state index in [9.17, 15) is 9.59 Å². The van der Waals surface area contributed by atoms with Gasteiger partial charge in [0.2, 0.25) is 17.8 Å². The topological polar surface area (TPSA) is 69.6 Å². The molecule has 1 saturated carbocycles. The second kappa shape index (κ2) is 11.3. The van der Waals surface area contributed by atoms with Crippen molar-refractivity contribution >= 4 is 42.6 Å². The molecule has 0 N–H and O–H groups in total. The van der Waals surface area contributed by atoms with Crippen molar-refractivity contribution in [3.63, 3.8) is 0 Å². The van der Waals surface area contributed by atoms with Crippen molar-refractivity contribution in [2.45, 2.75) is 51.3 Å². The maximum Gasteiger partial charge on any atom is 0.229 e. The van der Waals surface area contributed by atoms with E-state index >= 15 is 0 Å². The maximum absolute atomic E-state index is 13.0. The van der Waals surface area contributed by atoms with Crippen molar-refractivity contribution in [2.75, 3.05) is 44.1 Å². The van der Waals surface area contributed by atoms with E-state index in [-0.39, 0.29) is 68.7 Å². The summed E-state index contributed by atoms with van der Waals surface area (Å²) in [7, 11) is 0. The Bertz CT molecular complexity index is 987. The summed E-state index contributed by atoms with van der Waals surface area (Å²) in [6.07, 6.45) is -1.01. The molecule has 3 aliphatic rings. The van der Waals surface area contributed by atoms with E-state index in [4.69, 9.17) is 11.0 Å². The van der Waals surface area contributed by atoms with Gasteiger partial charge in [0, 0.05) is 68.9 Å². The number of halogens is 2. The van der Waals surface area contributed by atoms with Gasteiger partial charge in [0.1, 0.15) is 0 Å². The highest BCUT2D eigenvalue weighted by molar-refractivity contribution is 5.98. The Balaban J connectivity index is 0.00000253. The number of hydrogen-bond donors (Lipinski definition) is 0. The van der Waals surface area contributed by atoms with E-state index in [0.717, 1.165) is 17.7 Å². The predicted octanol–water partition coefficient (Wildman–Crippen LogP) is 2.93. The van der Waals surface area contributed by atoms with Gasteiger partial charge in [-0.3, -0.25) is 19.4 Å². The molecule has 3 heterocycles. The number of carbonyl (C=O) groups is 2. The Labute approximate surface area is 202 Å². The summed E-state index contributed by atoms with van der Waals surface area (Å²) in [6.45, 7) is -5.84. The first-order valence-electron chi connectivity index (χ1n) is 13.8. The average Bonchev–Trinajstić information content (AvgIpc) is 3.25. The Hall–Kier alpha value is -1.44. The van der Waals surface area contributed by atoms with Gasteiger partial charge in [-0.25, -0.2) is 9.97 Å². The fourth-order valence-electron chi connectivity index (χ4n) is 4.27. The molecule has 2 aliphatic heterocycles. The van der Waals surface area contributed by atoms with Crippen LogP contribution in [0, 0.1) is 5.41 Å². The number of hydrogen-bond acceptors (Lipinski definition) is 6. The highest BCUT2D eigenvalue weighted by Crippen LogP contribution is 2.46. The number of amides is 2. The number of nitrogens with zero attached hydrogens (tertiary/aromatic N) is 5. The minimum atomic E-state index is -3.56. The molecule has 0 atom stereocenters. The minimum absolute atomic E-state index is 0. The molecular formula is C21H33Cl2N5O2. The third kappa shape index (κ3) is 5.83. The van der Waals surface area contributed by atoms with Gasteiger partial charge in [0.15, 0.2) is 0 Å². The third-order valence-corrected chi connectivity index (χ3v) is 5.77. The number of rotatable bonds is 6. The molecule has 30 heavy (non-hydrogen) atoms. The molecule has 3 fully saturated rings. The van der Waals surface area contributed by atoms with Crippen LogP contribution in [0.3, 0.4) is 0 Å². The molecule has 1 aromatic rings. The highest BCUT2D eigenvalue weighted by Gasteiger charge is 2.44. The number of imide groups is 1. The van der Waals surface area contributed by atoms with Crippen molar-refractivity contribution in [1.82, 2.24) is 19.8 Å². The van der Waals surface area contributed by atoms with Crippen LogP contribution in [0.15, 0.2) is 18.5 Å². The lowest BCUT2D eigenvalue weighted by Gasteiger charge is -2.37. The molecule has 2 amide bonds. The molecule has 7 nitrogen and oxygen atoms in total. The summed E-state index contributed by atoms with van der Waals surface area (Å²) in [5.41, 5.74) is -0.538. The van der Waals surface area contributed by atoms with Crippen molar-refractivity contribution in [2.24, 2.45) is 5.41 Å². The van der Waals surface area contributed by atoms with Crippen LogP contribution in [-0.2, 0) is 9.59 Å². The second-order valence-electron chi connectivity index (χ2n) is 7.68. The number of piperazine rings is 1. The molecule has 9 heteroatoms. The molecule has 168 valence electrons. The van der Waals surface area contributed by atoms with Gasteiger partial charge in [-0.15, -0.1) is 24.8 Å². The molecule has 1 aromatic heterocycles. The molecule has 1 aliphatic carbocycles. The first kappa shape index (κ1) is 15.4. The van der Waals surface area contributed by atoms with Crippen LogP contribution in [0.25, 0.3) is 0 Å². The third-order valence-electron chi connectivity index (χ3n) is 5.77. The normalized spacial score (nSPS) is 27.3. The largest absolute Gasteiger partial charge is 0.338 e. The van der Waals surface area contributed by atoms with Crippen molar-refractivity contribution in [3.05, 3.63) is 18.5 Å². The zero-order valence-electron chi connectivity index (χ0n) is 24.7. The standard InChI is InChI=1S/C21H31N5O2.2ClH/c27-18-16-21(6-1-2-7-21)17-19(28)26(18)11-4-3-10-24-12-14-25(15-13-24)20-22-8-5-9-23-20;;/h5,8-9H,1-4,6-7,10-17H2;2*1H/i3D2,4D2,10D2,11D2;;. The van der Waals surface area contributed by atoms with Crippen LogP contribution in [0.1, 0.15) is 62.2 Å². The highest BCUT2D eigenvalue weighted by atomic mass is 35.5. The summed E-state index contributed by atoms with van der Waals surface area (Å²) < 4.78 is 68.0.